The minimum Gasteiger partial charge on any atom is -0.406 e. The molecule has 4 rings (SSSR count). The van der Waals surface area contributed by atoms with Crippen LogP contribution in [-0.4, -0.2) is 38.4 Å². The Morgan fingerprint density at radius 1 is 1.05 bits per heavy atom. The highest BCUT2D eigenvalue weighted by Gasteiger charge is 2.38. The number of hydrogen-bond acceptors (Lipinski definition) is 7. The first-order valence-electron chi connectivity index (χ1n) is 10.8. The van der Waals surface area contributed by atoms with E-state index in [0.717, 1.165) is 23.1 Å². The number of halogens is 5. The summed E-state index contributed by atoms with van der Waals surface area (Å²) in [5.74, 6) is -4.22. The van der Waals surface area contributed by atoms with Gasteiger partial charge in [0.2, 0.25) is 5.91 Å². The van der Waals surface area contributed by atoms with Gasteiger partial charge < -0.3 is 20.2 Å². The number of benzene rings is 3. The highest BCUT2D eigenvalue weighted by atomic mass is 35.5. The Balaban J connectivity index is 0.00000420. The number of nitrogens with one attached hydrogen (secondary N) is 1. The second kappa shape index (κ2) is 11.5. The van der Waals surface area contributed by atoms with E-state index in [9.17, 15) is 35.6 Å². The number of anilines is 1. The molecule has 3 aromatic carbocycles. The van der Waals surface area contributed by atoms with E-state index in [1.54, 1.807) is 18.2 Å². The highest BCUT2D eigenvalue weighted by Crippen LogP contribution is 2.34. The summed E-state index contributed by atoms with van der Waals surface area (Å²) in [4.78, 5) is 31.2. The number of para-hydroxylation sites is 1. The SMILES string of the molecule is Cl.N[C@H]1CS(=O)(=O)c2cc(F)c(C(=O)NOc3ccccc3)cc2N(Cc2ccc(OC(F)(F)F)cc2)C1=O. The van der Waals surface area contributed by atoms with Gasteiger partial charge in [0.15, 0.2) is 15.6 Å². The Bertz CT molecular complexity index is 1470. The summed E-state index contributed by atoms with van der Waals surface area (Å²) in [6, 6.07) is 12.4. The number of sulfone groups is 1. The number of amides is 2. The molecule has 0 aromatic heterocycles. The molecule has 3 N–H and O–H groups in total. The highest BCUT2D eigenvalue weighted by molar-refractivity contribution is 7.91. The van der Waals surface area contributed by atoms with E-state index in [2.05, 4.69) is 4.74 Å². The minimum absolute atomic E-state index is 0. The van der Waals surface area contributed by atoms with Gasteiger partial charge in [-0.1, -0.05) is 30.3 Å². The molecular formula is C24H20ClF4N3O6S. The van der Waals surface area contributed by atoms with Crippen molar-refractivity contribution in [3.05, 3.63) is 83.7 Å². The van der Waals surface area contributed by atoms with Crippen LogP contribution in [0.15, 0.2) is 71.6 Å². The number of nitrogens with two attached hydrogens (primary N) is 1. The Hall–Kier alpha value is -3.88. The second-order valence-corrected chi connectivity index (χ2v) is 10.2. The molecule has 1 aliphatic heterocycles. The van der Waals surface area contributed by atoms with Crippen LogP contribution < -0.4 is 25.7 Å². The van der Waals surface area contributed by atoms with Crippen molar-refractivity contribution in [2.45, 2.75) is 23.8 Å². The van der Waals surface area contributed by atoms with E-state index in [1.807, 2.05) is 5.48 Å². The molecule has 0 aliphatic carbocycles. The second-order valence-electron chi connectivity index (χ2n) is 8.15. The Morgan fingerprint density at radius 3 is 2.31 bits per heavy atom. The van der Waals surface area contributed by atoms with Crippen molar-refractivity contribution in [1.29, 1.82) is 0 Å². The summed E-state index contributed by atoms with van der Waals surface area (Å²) in [5, 5.41) is 0. The van der Waals surface area contributed by atoms with Crippen LogP contribution in [0.4, 0.5) is 23.2 Å². The number of carbonyl (C=O) groups excluding carboxylic acids is 2. The van der Waals surface area contributed by atoms with Crippen molar-refractivity contribution in [1.82, 2.24) is 5.48 Å². The zero-order valence-corrected chi connectivity index (χ0v) is 21.3. The lowest BCUT2D eigenvalue weighted by Gasteiger charge is -2.25. The summed E-state index contributed by atoms with van der Waals surface area (Å²) in [7, 11) is -4.27. The van der Waals surface area contributed by atoms with Crippen LogP contribution in [-0.2, 0) is 21.2 Å². The average Bonchev–Trinajstić information content (AvgIpc) is 2.91. The van der Waals surface area contributed by atoms with E-state index in [-0.39, 0.29) is 36.0 Å². The van der Waals surface area contributed by atoms with Crippen molar-refractivity contribution in [3.63, 3.8) is 0 Å². The Labute approximate surface area is 225 Å². The van der Waals surface area contributed by atoms with Crippen molar-refractivity contribution in [2.24, 2.45) is 5.73 Å². The minimum atomic E-state index is -4.91. The van der Waals surface area contributed by atoms with Crippen molar-refractivity contribution in [3.8, 4) is 11.5 Å². The number of fused-ring (bicyclic) bond motifs is 1. The summed E-state index contributed by atoms with van der Waals surface area (Å²) < 4.78 is 81.9. The lowest BCUT2D eigenvalue weighted by Crippen LogP contribution is -2.45. The first-order chi connectivity index (χ1) is 17.8. The van der Waals surface area contributed by atoms with Crippen molar-refractivity contribution in [2.75, 3.05) is 10.7 Å². The molecule has 9 nitrogen and oxygen atoms in total. The number of hydrogen-bond donors (Lipinski definition) is 2. The molecule has 2 amide bonds. The molecule has 0 bridgehead atoms. The average molecular weight is 590 g/mol. The molecule has 0 unspecified atom stereocenters. The number of ether oxygens (including phenoxy) is 1. The van der Waals surface area contributed by atoms with Gasteiger partial charge in [0.1, 0.15) is 11.6 Å². The Kier molecular flexibility index (Phi) is 8.73. The van der Waals surface area contributed by atoms with Crippen molar-refractivity contribution < 1.29 is 45.1 Å². The number of alkyl halides is 3. The summed E-state index contributed by atoms with van der Waals surface area (Å²) in [6.07, 6.45) is -4.91. The third-order valence-corrected chi connectivity index (χ3v) is 7.20. The smallest absolute Gasteiger partial charge is 0.406 e. The number of rotatable bonds is 6. The quantitative estimate of drug-likeness (QED) is 0.333. The molecule has 0 spiro atoms. The molecule has 15 heteroatoms. The van der Waals surface area contributed by atoms with Gasteiger partial charge in [0.05, 0.1) is 34.5 Å². The summed E-state index contributed by atoms with van der Waals surface area (Å²) in [5.41, 5.74) is 7.17. The molecule has 208 valence electrons. The van der Waals surface area contributed by atoms with Gasteiger partial charge in [0.25, 0.3) is 5.91 Å². The molecule has 0 radical (unpaired) electrons. The third-order valence-electron chi connectivity index (χ3n) is 5.40. The van der Waals surface area contributed by atoms with Gasteiger partial charge >= 0.3 is 6.36 Å². The fourth-order valence-corrected chi connectivity index (χ4v) is 5.25. The standard InChI is InChI=1S/C24H19F4N3O6S.ClH/c25-18-11-21-20(10-17(18)22(32)30-37-16-4-2-1-3-5-16)31(23(33)19(29)13-38(21,34)35)12-14-6-8-15(9-7-14)36-24(26,27)28;/h1-11,19H,12-13,29H2,(H,30,32);1H/t19-;/m0./s1. The maximum absolute atomic E-state index is 14.9. The van der Waals surface area contributed by atoms with Gasteiger partial charge in [-0.05, 0) is 42.0 Å². The first-order valence-corrected chi connectivity index (χ1v) is 12.5. The summed E-state index contributed by atoms with van der Waals surface area (Å²) >= 11 is 0. The molecule has 0 fully saturated rings. The zero-order valence-electron chi connectivity index (χ0n) is 19.6. The van der Waals surface area contributed by atoms with Crippen LogP contribution >= 0.6 is 12.4 Å². The molecule has 1 aliphatic rings. The van der Waals surface area contributed by atoms with Crippen LogP contribution in [0, 0.1) is 5.82 Å². The molecule has 1 atom stereocenters. The predicted molar refractivity (Wildman–Crippen MR) is 133 cm³/mol. The first kappa shape index (κ1) is 29.7. The molecule has 0 saturated carbocycles. The molecule has 3 aromatic rings. The van der Waals surface area contributed by atoms with E-state index < -0.39 is 61.8 Å². The van der Waals surface area contributed by atoms with E-state index in [0.29, 0.717) is 6.07 Å². The van der Waals surface area contributed by atoms with Gasteiger partial charge in [-0.25, -0.2) is 12.8 Å². The fraction of sp³-hybridized carbons (Fsp3) is 0.167. The lowest BCUT2D eigenvalue weighted by atomic mass is 10.1. The van der Waals surface area contributed by atoms with Crippen molar-refractivity contribution >= 4 is 39.7 Å². The van der Waals surface area contributed by atoms with Crippen LogP contribution in [0.2, 0.25) is 0 Å². The van der Waals surface area contributed by atoms with Gasteiger partial charge in [-0.15, -0.1) is 25.6 Å². The third kappa shape index (κ3) is 6.96. The fourth-order valence-electron chi connectivity index (χ4n) is 3.68. The van der Waals surface area contributed by atoms with Gasteiger partial charge in [0, 0.05) is 0 Å². The predicted octanol–water partition coefficient (Wildman–Crippen LogP) is 3.52. The van der Waals surface area contributed by atoms with E-state index in [4.69, 9.17) is 10.6 Å². The van der Waals surface area contributed by atoms with Crippen LogP contribution in [0.3, 0.4) is 0 Å². The van der Waals surface area contributed by atoms with Crippen LogP contribution in [0.25, 0.3) is 0 Å². The monoisotopic (exact) mass is 589 g/mol. The topological polar surface area (TPSA) is 128 Å². The molecular weight excluding hydrogens is 570 g/mol. The van der Waals surface area contributed by atoms with Crippen LogP contribution in [0.5, 0.6) is 11.5 Å². The maximum atomic E-state index is 14.9. The largest absolute Gasteiger partial charge is 0.573 e. The number of hydroxylamine groups is 1. The van der Waals surface area contributed by atoms with Gasteiger partial charge in [-0.3, -0.25) is 9.59 Å². The van der Waals surface area contributed by atoms with Gasteiger partial charge in [-0.2, -0.15) is 5.48 Å². The maximum Gasteiger partial charge on any atom is 0.573 e. The zero-order chi connectivity index (χ0) is 27.7. The molecule has 0 saturated heterocycles. The normalized spacial score (nSPS) is 16.4. The lowest BCUT2D eigenvalue weighted by molar-refractivity contribution is -0.274. The molecule has 39 heavy (non-hydrogen) atoms. The number of carbonyl (C=O) groups is 2. The number of nitrogens with zero attached hydrogens (tertiary/aromatic N) is 1. The molecule has 1 heterocycles. The van der Waals surface area contributed by atoms with Crippen LogP contribution in [0.1, 0.15) is 15.9 Å². The van der Waals surface area contributed by atoms with E-state index >= 15 is 0 Å². The van der Waals surface area contributed by atoms with E-state index in [1.165, 1.54) is 24.3 Å². The Morgan fingerprint density at radius 2 is 1.69 bits per heavy atom. The summed E-state index contributed by atoms with van der Waals surface area (Å²) in [6.45, 7) is -0.353.